The van der Waals surface area contributed by atoms with Crippen LogP contribution in [-0.2, 0) is 0 Å². The zero-order valence-corrected chi connectivity index (χ0v) is 10.4. The van der Waals surface area contributed by atoms with Crippen molar-refractivity contribution in [3.8, 4) is 0 Å². The standard InChI is InChI=1S/C14H22N2O/c1-2-4-12(3-1)14(13-5-10-17-11-13)16-8-6-15-7-9-16/h5,10-12,14-15H,1-4,6-9H2/t14-/m1/s1. The molecule has 2 fully saturated rings. The van der Waals surface area contributed by atoms with Crippen LogP contribution >= 0.6 is 0 Å². The van der Waals surface area contributed by atoms with Gasteiger partial charge in [0.25, 0.3) is 0 Å². The van der Waals surface area contributed by atoms with Crippen LogP contribution in [0, 0.1) is 5.92 Å². The van der Waals surface area contributed by atoms with Crippen LogP contribution in [0.2, 0.25) is 0 Å². The van der Waals surface area contributed by atoms with Crippen molar-refractivity contribution < 1.29 is 4.42 Å². The summed E-state index contributed by atoms with van der Waals surface area (Å²) in [6, 6.07) is 2.75. The SMILES string of the molecule is c1cc([C@@H](C2CCCC2)N2CCNCC2)co1. The fourth-order valence-corrected chi connectivity index (χ4v) is 3.46. The van der Waals surface area contributed by atoms with Crippen LogP contribution in [0.4, 0.5) is 0 Å². The number of nitrogens with one attached hydrogen (secondary N) is 1. The minimum absolute atomic E-state index is 0.596. The van der Waals surface area contributed by atoms with Gasteiger partial charge in [-0.25, -0.2) is 0 Å². The fourth-order valence-electron chi connectivity index (χ4n) is 3.46. The number of nitrogens with zero attached hydrogens (tertiary/aromatic N) is 1. The van der Waals surface area contributed by atoms with E-state index in [-0.39, 0.29) is 0 Å². The Bertz CT molecular complexity index is 324. The van der Waals surface area contributed by atoms with E-state index >= 15 is 0 Å². The maximum absolute atomic E-state index is 5.30. The van der Waals surface area contributed by atoms with Crippen LogP contribution in [0.3, 0.4) is 0 Å². The van der Waals surface area contributed by atoms with Crippen molar-refractivity contribution in [1.29, 1.82) is 0 Å². The molecule has 0 bridgehead atoms. The van der Waals surface area contributed by atoms with E-state index in [2.05, 4.69) is 16.3 Å². The van der Waals surface area contributed by atoms with Crippen LogP contribution in [0.5, 0.6) is 0 Å². The molecule has 0 amide bonds. The van der Waals surface area contributed by atoms with Crippen LogP contribution in [0.25, 0.3) is 0 Å². The van der Waals surface area contributed by atoms with Gasteiger partial charge >= 0.3 is 0 Å². The smallest absolute Gasteiger partial charge is 0.0950 e. The number of furan rings is 1. The highest BCUT2D eigenvalue weighted by Gasteiger charge is 2.32. The lowest BCUT2D eigenvalue weighted by atomic mass is 9.91. The van der Waals surface area contributed by atoms with Gasteiger partial charge in [-0.3, -0.25) is 4.90 Å². The lowest BCUT2D eigenvalue weighted by Crippen LogP contribution is -2.46. The van der Waals surface area contributed by atoms with Gasteiger partial charge in [0.1, 0.15) is 0 Å². The van der Waals surface area contributed by atoms with Crippen LogP contribution in [0.15, 0.2) is 23.0 Å². The first-order valence-electron chi connectivity index (χ1n) is 6.92. The molecule has 3 heteroatoms. The monoisotopic (exact) mass is 234 g/mol. The molecule has 94 valence electrons. The van der Waals surface area contributed by atoms with Crippen molar-refractivity contribution in [2.75, 3.05) is 26.2 Å². The van der Waals surface area contributed by atoms with E-state index in [0.29, 0.717) is 6.04 Å². The Morgan fingerprint density at radius 3 is 2.65 bits per heavy atom. The first-order chi connectivity index (χ1) is 8.45. The minimum Gasteiger partial charge on any atom is -0.472 e. The molecule has 1 aliphatic carbocycles. The van der Waals surface area contributed by atoms with Crippen molar-refractivity contribution in [3.63, 3.8) is 0 Å². The number of rotatable bonds is 3. The molecule has 2 heterocycles. The minimum atomic E-state index is 0.596. The van der Waals surface area contributed by atoms with Crippen molar-refractivity contribution in [2.24, 2.45) is 5.92 Å². The summed E-state index contributed by atoms with van der Waals surface area (Å²) in [5.74, 6) is 0.839. The van der Waals surface area contributed by atoms with E-state index in [1.54, 1.807) is 0 Å². The van der Waals surface area contributed by atoms with Gasteiger partial charge in [-0.2, -0.15) is 0 Å². The molecule has 0 radical (unpaired) electrons. The van der Waals surface area contributed by atoms with Gasteiger partial charge in [-0.1, -0.05) is 12.8 Å². The molecular formula is C14H22N2O. The number of piperazine rings is 1. The Balaban J connectivity index is 1.79. The highest BCUT2D eigenvalue weighted by molar-refractivity contribution is 5.14. The van der Waals surface area contributed by atoms with Gasteiger partial charge in [0.05, 0.1) is 12.5 Å². The second-order valence-electron chi connectivity index (χ2n) is 5.33. The quantitative estimate of drug-likeness (QED) is 0.870. The van der Waals surface area contributed by atoms with Gasteiger partial charge in [0, 0.05) is 37.8 Å². The molecule has 0 unspecified atom stereocenters. The molecule has 3 rings (SSSR count). The normalized spacial score (nSPS) is 25.2. The third-order valence-corrected chi connectivity index (χ3v) is 4.28. The van der Waals surface area contributed by atoms with Crippen LogP contribution in [0.1, 0.15) is 37.3 Å². The summed E-state index contributed by atoms with van der Waals surface area (Å²) in [5, 5.41) is 3.44. The Kier molecular flexibility index (Phi) is 3.48. The predicted octanol–water partition coefficient (Wildman–Crippen LogP) is 2.42. The fraction of sp³-hybridized carbons (Fsp3) is 0.714. The topological polar surface area (TPSA) is 28.4 Å². The zero-order chi connectivity index (χ0) is 11.5. The summed E-state index contributed by atoms with van der Waals surface area (Å²) in [6.07, 6.45) is 9.36. The lowest BCUT2D eigenvalue weighted by Gasteiger charge is -2.37. The predicted molar refractivity (Wildman–Crippen MR) is 67.8 cm³/mol. The van der Waals surface area contributed by atoms with Gasteiger partial charge < -0.3 is 9.73 Å². The summed E-state index contributed by atoms with van der Waals surface area (Å²) in [5.41, 5.74) is 1.39. The van der Waals surface area contributed by atoms with Gasteiger partial charge in [0.15, 0.2) is 0 Å². The second-order valence-corrected chi connectivity index (χ2v) is 5.33. The largest absolute Gasteiger partial charge is 0.472 e. The van der Waals surface area contributed by atoms with E-state index in [9.17, 15) is 0 Å². The Hall–Kier alpha value is -0.800. The zero-order valence-electron chi connectivity index (χ0n) is 10.4. The number of hydrogen-bond donors (Lipinski definition) is 1. The molecule has 1 aromatic rings. The molecule has 17 heavy (non-hydrogen) atoms. The van der Waals surface area contributed by atoms with Crippen molar-refractivity contribution in [3.05, 3.63) is 24.2 Å². The molecule has 1 N–H and O–H groups in total. The lowest BCUT2D eigenvalue weighted by molar-refractivity contribution is 0.125. The van der Waals surface area contributed by atoms with Crippen molar-refractivity contribution in [1.82, 2.24) is 10.2 Å². The third-order valence-electron chi connectivity index (χ3n) is 4.28. The Labute approximate surface area is 103 Å². The molecule has 1 aromatic heterocycles. The van der Waals surface area contributed by atoms with E-state index in [1.165, 1.54) is 44.3 Å². The molecule has 2 aliphatic rings. The second kappa shape index (κ2) is 5.23. The molecule has 1 aliphatic heterocycles. The highest BCUT2D eigenvalue weighted by atomic mass is 16.3. The molecular weight excluding hydrogens is 212 g/mol. The van der Waals surface area contributed by atoms with Gasteiger partial charge in [-0.05, 0) is 24.8 Å². The van der Waals surface area contributed by atoms with Crippen LogP contribution in [-0.4, -0.2) is 31.1 Å². The van der Waals surface area contributed by atoms with Gasteiger partial charge in [-0.15, -0.1) is 0 Å². The average molecular weight is 234 g/mol. The molecule has 0 spiro atoms. The van der Waals surface area contributed by atoms with E-state index in [4.69, 9.17) is 4.42 Å². The van der Waals surface area contributed by atoms with Crippen LogP contribution < -0.4 is 5.32 Å². The number of hydrogen-bond acceptors (Lipinski definition) is 3. The van der Waals surface area contributed by atoms with E-state index in [1.807, 2.05) is 12.5 Å². The van der Waals surface area contributed by atoms with Crippen molar-refractivity contribution in [2.45, 2.75) is 31.7 Å². The summed E-state index contributed by atoms with van der Waals surface area (Å²) < 4.78 is 5.30. The maximum atomic E-state index is 5.30. The molecule has 3 nitrogen and oxygen atoms in total. The highest BCUT2D eigenvalue weighted by Crippen LogP contribution is 2.39. The summed E-state index contributed by atoms with van der Waals surface area (Å²) >= 11 is 0. The summed E-state index contributed by atoms with van der Waals surface area (Å²) in [4.78, 5) is 2.65. The third kappa shape index (κ3) is 2.40. The Morgan fingerprint density at radius 1 is 1.24 bits per heavy atom. The van der Waals surface area contributed by atoms with E-state index < -0.39 is 0 Å². The molecule has 1 saturated carbocycles. The summed E-state index contributed by atoms with van der Waals surface area (Å²) in [6.45, 7) is 4.60. The summed E-state index contributed by atoms with van der Waals surface area (Å²) in [7, 11) is 0. The first-order valence-corrected chi connectivity index (χ1v) is 6.92. The maximum Gasteiger partial charge on any atom is 0.0950 e. The van der Waals surface area contributed by atoms with Crippen molar-refractivity contribution >= 4 is 0 Å². The molecule has 1 saturated heterocycles. The Morgan fingerprint density at radius 2 is 2.00 bits per heavy atom. The first kappa shape index (κ1) is 11.3. The van der Waals surface area contributed by atoms with E-state index in [0.717, 1.165) is 19.0 Å². The molecule has 0 aromatic carbocycles. The molecule has 1 atom stereocenters. The average Bonchev–Trinajstić information content (AvgIpc) is 3.04. The van der Waals surface area contributed by atoms with Gasteiger partial charge in [0.2, 0.25) is 0 Å².